The molecule has 3 rings (SSSR count). The molecule has 0 saturated carbocycles. The van der Waals surface area contributed by atoms with Gasteiger partial charge >= 0.3 is 0 Å². The van der Waals surface area contributed by atoms with Crippen LogP contribution < -0.4 is 10.1 Å². The Labute approximate surface area is 166 Å². The molecule has 1 aliphatic heterocycles. The van der Waals surface area contributed by atoms with Crippen LogP contribution in [0.3, 0.4) is 0 Å². The van der Waals surface area contributed by atoms with Gasteiger partial charge in [-0.25, -0.2) is 0 Å². The number of hydrogen-bond acceptors (Lipinski definition) is 5. The summed E-state index contributed by atoms with van der Waals surface area (Å²) in [6.07, 6.45) is 2.07. The van der Waals surface area contributed by atoms with Crippen molar-refractivity contribution in [2.45, 2.75) is 33.3 Å². The van der Waals surface area contributed by atoms with Gasteiger partial charge in [0.1, 0.15) is 18.1 Å². The van der Waals surface area contributed by atoms with Crippen LogP contribution in [0.25, 0.3) is 0 Å². The highest BCUT2D eigenvalue weighted by Crippen LogP contribution is 2.25. The molecule has 0 aliphatic carbocycles. The number of aryl methyl sites for hydroxylation is 2. The Hall–Kier alpha value is -2.05. The molecular weight excluding hydrogens is 366 g/mol. The SMILES string of the molecule is CNCC1CCN(C(=O)c2ccccc2OCc2c(C)noc2C)CC1.Cl. The zero-order valence-corrected chi connectivity index (χ0v) is 17.0. The van der Waals surface area contributed by atoms with E-state index in [1.54, 1.807) is 0 Å². The van der Waals surface area contributed by atoms with Gasteiger partial charge in [-0.2, -0.15) is 0 Å². The van der Waals surface area contributed by atoms with Crippen LogP contribution in [0.4, 0.5) is 0 Å². The Kier molecular flexibility index (Phi) is 7.68. The van der Waals surface area contributed by atoms with E-state index in [1.807, 2.05) is 50.1 Å². The number of hydrogen-bond donors (Lipinski definition) is 1. The van der Waals surface area contributed by atoms with Gasteiger partial charge in [-0.15, -0.1) is 12.4 Å². The zero-order valence-electron chi connectivity index (χ0n) is 16.2. The van der Waals surface area contributed by atoms with E-state index in [0.29, 0.717) is 23.8 Å². The standard InChI is InChI=1S/C20H27N3O3.ClH/c1-14-18(15(2)26-22-14)13-25-19-7-5-4-6-17(19)20(24)23-10-8-16(9-11-23)12-21-3;/h4-7,16,21H,8-13H2,1-3H3;1H. The summed E-state index contributed by atoms with van der Waals surface area (Å²) in [5.74, 6) is 2.05. The van der Waals surface area contributed by atoms with Crippen LogP contribution >= 0.6 is 12.4 Å². The maximum absolute atomic E-state index is 13.0. The number of nitrogens with one attached hydrogen (secondary N) is 1. The molecule has 0 atom stereocenters. The minimum absolute atomic E-state index is 0. The van der Waals surface area contributed by atoms with Crippen molar-refractivity contribution in [3.8, 4) is 5.75 Å². The molecule has 2 heterocycles. The van der Waals surface area contributed by atoms with E-state index in [1.165, 1.54) is 0 Å². The Morgan fingerprint density at radius 3 is 2.63 bits per heavy atom. The van der Waals surface area contributed by atoms with Gasteiger partial charge in [-0.3, -0.25) is 4.79 Å². The van der Waals surface area contributed by atoms with E-state index in [4.69, 9.17) is 9.26 Å². The smallest absolute Gasteiger partial charge is 0.257 e. The summed E-state index contributed by atoms with van der Waals surface area (Å²) in [4.78, 5) is 14.9. The van der Waals surface area contributed by atoms with Crippen molar-refractivity contribution in [3.05, 3.63) is 46.8 Å². The lowest BCUT2D eigenvalue weighted by Crippen LogP contribution is -2.40. The predicted octanol–water partition coefficient (Wildman–Crippen LogP) is 3.36. The van der Waals surface area contributed by atoms with Crippen molar-refractivity contribution in [2.24, 2.45) is 5.92 Å². The van der Waals surface area contributed by atoms with Gasteiger partial charge in [0, 0.05) is 13.1 Å². The van der Waals surface area contributed by atoms with Crippen LogP contribution in [0, 0.1) is 19.8 Å². The van der Waals surface area contributed by atoms with E-state index >= 15 is 0 Å². The fraction of sp³-hybridized carbons (Fsp3) is 0.500. The Balaban J connectivity index is 0.00000261. The van der Waals surface area contributed by atoms with Crippen LogP contribution in [0.1, 0.15) is 40.2 Å². The van der Waals surface area contributed by atoms with Gasteiger partial charge in [0.2, 0.25) is 0 Å². The summed E-state index contributed by atoms with van der Waals surface area (Å²) in [7, 11) is 1.98. The van der Waals surface area contributed by atoms with E-state index in [0.717, 1.165) is 49.5 Å². The van der Waals surface area contributed by atoms with Crippen molar-refractivity contribution >= 4 is 18.3 Å². The van der Waals surface area contributed by atoms with E-state index in [-0.39, 0.29) is 18.3 Å². The molecule has 0 bridgehead atoms. The Morgan fingerprint density at radius 2 is 2.00 bits per heavy atom. The number of piperidine rings is 1. The second kappa shape index (κ2) is 9.76. The van der Waals surface area contributed by atoms with Gasteiger partial charge in [0.25, 0.3) is 5.91 Å². The number of para-hydroxylation sites is 1. The first-order valence-corrected chi connectivity index (χ1v) is 9.17. The third-order valence-electron chi connectivity index (χ3n) is 5.07. The summed E-state index contributed by atoms with van der Waals surface area (Å²) in [6, 6.07) is 7.45. The highest BCUT2D eigenvalue weighted by molar-refractivity contribution is 5.97. The molecule has 0 spiro atoms. The van der Waals surface area contributed by atoms with Gasteiger partial charge in [0.05, 0.1) is 16.8 Å². The maximum atomic E-state index is 13.0. The monoisotopic (exact) mass is 393 g/mol. The average Bonchev–Trinajstić information content (AvgIpc) is 2.98. The van der Waals surface area contributed by atoms with Crippen molar-refractivity contribution in [1.82, 2.24) is 15.4 Å². The number of likely N-dealkylation sites (tertiary alicyclic amines) is 1. The molecule has 6 nitrogen and oxygen atoms in total. The first-order chi connectivity index (χ1) is 12.6. The number of rotatable bonds is 6. The second-order valence-electron chi connectivity index (χ2n) is 6.88. The molecule has 1 aliphatic rings. The molecule has 148 valence electrons. The van der Waals surface area contributed by atoms with Gasteiger partial charge in [0.15, 0.2) is 0 Å². The fourth-order valence-electron chi connectivity index (χ4n) is 3.43. The predicted molar refractivity (Wildman–Crippen MR) is 107 cm³/mol. The number of nitrogens with zero attached hydrogens (tertiary/aromatic N) is 2. The number of carbonyl (C=O) groups excluding carboxylic acids is 1. The van der Waals surface area contributed by atoms with Crippen LogP contribution in [0.15, 0.2) is 28.8 Å². The number of benzene rings is 1. The van der Waals surface area contributed by atoms with Crippen LogP contribution in [-0.4, -0.2) is 42.6 Å². The normalized spacial score (nSPS) is 14.7. The minimum atomic E-state index is 0. The summed E-state index contributed by atoms with van der Waals surface area (Å²) in [5.41, 5.74) is 2.37. The topological polar surface area (TPSA) is 67.6 Å². The van der Waals surface area contributed by atoms with Crippen LogP contribution in [0.2, 0.25) is 0 Å². The van der Waals surface area contributed by atoms with Crippen molar-refractivity contribution < 1.29 is 14.1 Å². The molecule has 1 aromatic heterocycles. The van der Waals surface area contributed by atoms with Crippen LogP contribution in [-0.2, 0) is 6.61 Å². The van der Waals surface area contributed by atoms with Crippen molar-refractivity contribution in [3.63, 3.8) is 0 Å². The molecule has 1 fully saturated rings. The average molecular weight is 394 g/mol. The Bertz CT molecular complexity index is 735. The van der Waals surface area contributed by atoms with Crippen LogP contribution in [0.5, 0.6) is 5.75 Å². The molecular formula is C20H28ClN3O3. The molecule has 1 amide bonds. The lowest BCUT2D eigenvalue weighted by atomic mass is 9.96. The maximum Gasteiger partial charge on any atom is 0.257 e. The molecule has 2 aromatic rings. The molecule has 1 saturated heterocycles. The second-order valence-corrected chi connectivity index (χ2v) is 6.88. The minimum Gasteiger partial charge on any atom is -0.488 e. The number of carbonyl (C=O) groups is 1. The van der Waals surface area contributed by atoms with Crippen molar-refractivity contribution in [2.75, 3.05) is 26.7 Å². The van der Waals surface area contributed by atoms with Crippen molar-refractivity contribution in [1.29, 1.82) is 0 Å². The van der Waals surface area contributed by atoms with E-state index < -0.39 is 0 Å². The zero-order chi connectivity index (χ0) is 18.5. The first-order valence-electron chi connectivity index (χ1n) is 9.17. The lowest BCUT2D eigenvalue weighted by Gasteiger charge is -2.32. The summed E-state index contributed by atoms with van der Waals surface area (Å²) in [5, 5.41) is 7.17. The quantitative estimate of drug-likeness (QED) is 0.815. The van der Waals surface area contributed by atoms with Gasteiger partial charge < -0.3 is 19.5 Å². The first kappa shape index (κ1) is 21.3. The molecule has 1 N–H and O–H groups in total. The van der Waals surface area contributed by atoms with E-state index in [9.17, 15) is 4.79 Å². The largest absolute Gasteiger partial charge is 0.488 e. The van der Waals surface area contributed by atoms with Gasteiger partial charge in [-0.05, 0) is 58.3 Å². The molecule has 0 unspecified atom stereocenters. The number of halogens is 1. The van der Waals surface area contributed by atoms with Gasteiger partial charge in [-0.1, -0.05) is 17.3 Å². The fourth-order valence-corrected chi connectivity index (χ4v) is 3.43. The summed E-state index contributed by atoms with van der Waals surface area (Å²) >= 11 is 0. The molecule has 0 radical (unpaired) electrons. The highest BCUT2D eigenvalue weighted by atomic mass is 35.5. The third kappa shape index (κ3) is 5.02. The Morgan fingerprint density at radius 1 is 1.30 bits per heavy atom. The summed E-state index contributed by atoms with van der Waals surface area (Å²) < 4.78 is 11.1. The highest BCUT2D eigenvalue weighted by Gasteiger charge is 2.25. The third-order valence-corrected chi connectivity index (χ3v) is 5.07. The lowest BCUT2D eigenvalue weighted by molar-refractivity contribution is 0.0686. The molecule has 1 aromatic carbocycles. The molecule has 7 heteroatoms. The number of ether oxygens (including phenoxy) is 1. The molecule has 27 heavy (non-hydrogen) atoms. The van der Waals surface area contributed by atoms with E-state index in [2.05, 4.69) is 10.5 Å². The summed E-state index contributed by atoms with van der Waals surface area (Å²) in [6.45, 7) is 6.70. The number of aromatic nitrogens is 1. The number of amides is 1.